The largest absolute Gasteiger partial charge is 0.314 e. The van der Waals surface area contributed by atoms with Crippen LogP contribution in [0.15, 0.2) is 55.0 Å². The first kappa shape index (κ1) is 9.78. The first-order valence-electron chi connectivity index (χ1n) is 5.36. The predicted octanol–water partition coefficient (Wildman–Crippen LogP) is 2.81. The first-order valence-corrected chi connectivity index (χ1v) is 5.36. The van der Waals surface area contributed by atoms with E-state index in [1.807, 2.05) is 47.0 Å². The Labute approximate surface area is 98.4 Å². The number of fused-ring (bicyclic) bond motifs is 1. The highest BCUT2D eigenvalue weighted by atomic mass is 16.1. The molecule has 0 fully saturated rings. The minimum Gasteiger partial charge on any atom is -0.314 e. The summed E-state index contributed by atoms with van der Waals surface area (Å²) >= 11 is 0. The summed E-state index contributed by atoms with van der Waals surface area (Å²) in [5.41, 5.74) is 3.63. The molecule has 0 bridgehead atoms. The Balaban J connectivity index is 2.33. The number of aldehydes is 1. The highest BCUT2D eigenvalue weighted by Gasteiger charge is 2.10. The van der Waals surface area contributed by atoms with Crippen LogP contribution in [0.4, 0.5) is 0 Å². The van der Waals surface area contributed by atoms with E-state index >= 15 is 0 Å². The van der Waals surface area contributed by atoms with E-state index in [0.29, 0.717) is 5.69 Å². The van der Waals surface area contributed by atoms with Crippen LogP contribution < -0.4 is 0 Å². The zero-order valence-electron chi connectivity index (χ0n) is 9.08. The van der Waals surface area contributed by atoms with Crippen LogP contribution in [0.3, 0.4) is 0 Å². The molecule has 3 rings (SSSR count). The van der Waals surface area contributed by atoms with E-state index in [-0.39, 0.29) is 0 Å². The molecule has 0 aliphatic carbocycles. The van der Waals surface area contributed by atoms with Crippen molar-refractivity contribution in [1.29, 1.82) is 0 Å². The minimum absolute atomic E-state index is 0.673. The maximum Gasteiger partial charge on any atom is 0.167 e. The van der Waals surface area contributed by atoms with E-state index in [1.165, 1.54) is 0 Å². The third kappa shape index (κ3) is 1.52. The third-order valence-electron chi connectivity index (χ3n) is 2.82. The number of nitrogens with zero attached hydrogens (tertiary/aromatic N) is 2. The lowest BCUT2D eigenvalue weighted by molar-refractivity contribution is 0.111. The first-order chi connectivity index (χ1) is 8.40. The molecule has 0 spiro atoms. The molecule has 3 aromatic heterocycles. The molecule has 0 unspecified atom stereocenters. The Bertz CT molecular complexity index is 671. The van der Waals surface area contributed by atoms with E-state index in [4.69, 9.17) is 0 Å². The fourth-order valence-electron chi connectivity index (χ4n) is 2.03. The molecule has 0 aliphatic rings. The van der Waals surface area contributed by atoms with E-state index in [2.05, 4.69) is 4.98 Å². The van der Waals surface area contributed by atoms with Crippen LogP contribution in [0.5, 0.6) is 0 Å². The average molecular weight is 222 g/mol. The van der Waals surface area contributed by atoms with Crippen molar-refractivity contribution in [3.05, 3.63) is 60.7 Å². The summed E-state index contributed by atoms with van der Waals surface area (Å²) in [5.74, 6) is 0. The lowest BCUT2D eigenvalue weighted by Crippen LogP contribution is -1.91. The van der Waals surface area contributed by atoms with Crippen molar-refractivity contribution in [3.63, 3.8) is 0 Å². The van der Waals surface area contributed by atoms with E-state index in [0.717, 1.165) is 22.9 Å². The number of hydrogen-bond donors (Lipinski definition) is 0. The molecule has 17 heavy (non-hydrogen) atoms. The highest BCUT2D eigenvalue weighted by molar-refractivity contribution is 5.89. The fourth-order valence-corrected chi connectivity index (χ4v) is 2.03. The quantitative estimate of drug-likeness (QED) is 0.625. The number of pyridine rings is 2. The molecule has 3 aromatic rings. The van der Waals surface area contributed by atoms with Gasteiger partial charge in [0.15, 0.2) is 6.29 Å². The minimum atomic E-state index is 0.673. The van der Waals surface area contributed by atoms with Crippen LogP contribution in [0, 0.1) is 0 Å². The number of hydrogen-bond acceptors (Lipinski definition) is 2. The summed E-state index contributed by atoms with van der Waals surface area (Å²) in [6, 6.07) is 11.7. The van der Waals surface area contributed by atoms with Crippen LogP contribution in [0.25, 0.3) is 16.6 Å². The van der Waals surface area contributed by atoms with Gasteiger partial charge in [-0.25, -0.2) is 0 Å². The van der Waals surface area contributed by atoms with Gasteiger partial charge in [-0.3, -0.25) is 9.78 Å². The van der Waals surface area contributed by atoms with Crippen molar-refractivity contribution >= 4 is 11.8 Å². The predicted molar refractivity (Wildman–Crippen MR) is 66.0 cm³/mol. The van der Waals surface area contributed by atoms with Crippen molar-refractivity contribution < 1.29 is 4.79 Å². The monoisotopic (exact) mass is 222 g/mol. The van der Waals surface area contributed by atoms with Gasteiger partial charge in [0.25, 0.3) is 0 Å². The second-order valence-electron chi connectivity index (χ2n) is 3.79. The van der Waals surface area contributed by atoms with Crippen LogP contribution >= 0.6 is 0 Å². The van der Waals surface area contributed by atoms with Gasteiger partial charge in [0.05, 0.1) is 5.69 Å². The van der Waals surface area contributed by atoms with Crippen molar-refractivity contribution in [3.8, 4) is 11.1 Å². The lowest BCUT2D eigenvalue weighted by Gasteiger charge is -1.99. The van der Waals surface area contributed by atoms with Gasteiger partial charge in [0.2, 0.25) is 0 Å². The van der Waals surface area contributed by atoms with Crippen molar-refractivity contribution in [2.24, 2.45) is 0 Å². The molecule has 0 amide bonds. The average Bonchev–Trinajstić information content (AvgIpc) is 2.78. The molecule has 0 aliphatic heterocycles. The summed E-state index contributed by atoms with van der Waals surface area (Å²) in [7, 11) is 0. The van der Waals surface area contributed by atoms with Gasteiger partial charge in [-0.2, -0.15) is 0 Å². The lowest BCUT2D eigenvalue weighted by atomic mass is 10.1. The van der Waals surface area contributed by atoms with Crippen LogP contribution in [-0.2, 0) is 0 Å². The Morgan fingerprint density at radius 1 is 1.12 bits per heavy atom. The van der Waals surface area contributed by atoms with Crippen molar-refractivity contribution in [2.75, 3.05) is 0 Å². The Morgan fingerprint density at radius 3 is 2.71 bits per heavy atom. The number of rotatable bonds is 2. The normalized spacial score (nSPS) is 10.6. The smallest absolute Gasteiger partial charge is 0.167 e. The maximum atomic E-state index is 11.2. The molecule has 3 heterocycles. The molecular formula is C14H10N2O. The molecule has 3 heteroatoms. The number of aromatic nitrogens is 2. The molecule has 82 valence electrons. The van der Waals surface area contributed by atoms with E-state index in [1.54, 1.807) is 12.4 Å². The Kier molecular flexibility index (Phi) is 2.22. The van der Waals surface area contributed by atoms with Gasteiger partial charge in [-0.05, 0) is 35.9 Å². The molecule has 0 N–H and O–H groups in total. The highest BCUT2D eigenvalue weighted by Crippen LogP contribution is 2.25. The van der Waals surface area contributed by atoms with Gasteiger partial charge >= 0.3 is 0 Å². The Morgan fingerprint density at radius 2 is 1.94 bits per heavy atom. The summed E-state index contributed by atoms with van der Waals surface area (Å²) in [5, 5.41) is 0. The van der Waals surface area contributed by atoms with Crippen molar-refractivity contribution in [2.45, 2.75) is 0 Å². The molecular weight excluding hydrogens is 212 g/mol. The molecule has 0 saturated carbocycles. The zero-order chi connectivity index (χ0) is 11.7. The third-order valence-corrected chi connectivity index (χ3v) is 2.82. The summed E-state index contributed by atoms with van der Waals surface area (Å²) in [4.78, 5) is 15.2. The molecule has 0 radical (unpaired) electrons. The molecule has 0 saturated heterocycles. The molecule has 0 aromatic carbocycles. The van der Waals surface area contributed by atoms with Gasteiger partial charge in [-0.1, -0.05) is 6.07 Å². The van der Waals surface area contributed by atoms with Gasteiger partial charge in [0.1, 0.15) is 0 Å². The van der Waals surface area contributed by atoms with Gasteiger partial charge in [0, 0.05) is 29.7 Å². The van der Waals surface area contributed by atoms with Crippen LogP contribution in [-0.4, -0.2) is 15.7 Å². The van der Waals surface area contributed by atoms with E-state index < -0.39 is 0 Å². The van der Waals surface area contributed by atoms with Gasteiger partial charge < -0.3 is 4.40 Å². The van der Waals surface area contributed by atoms with Gasteiger partial charge in [-0.15, -0.1) is 0 Å². The van der Waals surface area contributed by atoms with Crippen molar-refractivity contribution in [1.82, 2.24) is 9.38 Å². The fraction of sp³-hybridized carbons (Fsp3) is 0. The second kappa shape index (κ2) is 3.87. The second-order valence-corrected chi connectivity index (χ2v) is 3.79. The van der Waals surface area contributed by atoms with E-state index in [9.17, 15) is 4.79 Å². The number of carbonyl (C=O) groups excluding carboxylic acids is 1. The van der Waals surface area contributed by atoms with Crippen LogP contribution in [0.2, 0.25) is 0 Å². The maximum absolute atomic E-state index is 11.2. The summed E-state index contributed by atoms with van der Waals surface area (Å²) < 4.78 is 1.89. The topological polar surface area (TPSA) is 34.4 Å². The molecule has 0 atom stereocenters. The Hall–Kier alpha value is -2.42. The SMILES string of the molecule is O=Cc1c(-c2ccncc2)cc2ccccn12. The zero-order valence-corrected chi connectivity index (χ0v) is 9.08. The van der Waals surface area contributed by atoms with Crippen LogP contribution in [0.1, 0.15) is 10.5 Å². The standard InChI is InChI=1S/C14H10N2O/c17-10-14-13(11-4-6-15-7-5-11)9-12-3-1-2-8-16(12)14/h1-10H. The number of carbonyl (C=O) groups is 1. The summed E-state index contributed by atoms with van der Waals surface area (Å²) in [6.45, 7) is 0. The molecule has 3 nitrogen and oxygen atoms in total. The summed E-state index contributed by atoms with van der Waals surface area (Å²) in [6.07, 6.45) is 6.24.